The number of ether oxygens (including phenoxy) is 3. The second kappa shape index (κ2) is 13.1. The molecule has 0 saturated carbocycles. The van der Waals surface area contributed by atoms with E-state index in [4.69, 9.17) is 14.2 Å². The molecule has 8 N–H and O–H groups in total. The molecule has 3 aliphatic rings. The average Bonchev–Trinajstić information content (AvgIpc) is 3.20. The number of hydrogen-bond acceptors (Lipinski definition) is 13. The summed E-state index contributed by atoms with van der Waals surface area (Å²) in [4.78, 5) is 36.5. The molecule has 3 aliphatic heterocycles. The smallest absolute Gasteiger partial charge is 0.253 e. The van der Waals surface area contributed by atoms with Gasteiger partial charge in [-0.2, -0.15) is 0 Å². The van der Waals surface area contributed by atoms with Crippen molar-refractivity contribution in [2.45, 2.75) is 87.0 Å². The fourth-order valence-electron chi connectivity index (χ4n) is 4.32. The van der Waals surface area contributed by atoms with Gasteiger partial charge in [0.2, 0.25) is 5.91 Å². The van der Waals surface area contributed by atoms with Gasteiger partial charge in [0.1, 0.15) is 48.8 Å². The summed E-state index contributed by atoms with van der Waals surface area (Å²) in [6.07, 6.45) is -11.8. The third-order valence-corrected chi connectivity index (χ3v) is 6.49. The minimum atomic E-state index is -1.78. The quantitative estimate of drug-likeness (QED) is 0.0919. The highest BCUT2D eigenvalue weighted by Crippen LogP contribution is 2.28. The van der Waals surface area contributed by atoms with Crippen molar-refractivity contribution in [2.24, 2.45) is 0 Å². The molecule has 0 bridgehead atoms. The molecule has 210 valence electrons. The Labute approximate surface area is 211 Å². The van der Waals surface area contributed by atoms with E-state index in [0.29, 0.717) is 19.3 Å². The molecule has 15 heteroatoms. The van der Waals surface area contributed by atoms with Crippen LogP contribution in [0.15, 0.2) is 12.2 Å². The van der Waals surface area contributed by atoms with Crippen LogP contribution < -0.4 is 5.32 Å². The Balaban J connectivity index is 1.47. The van der Waals surface area contributed by atoms with Gasteiger partial charge < -0.3 is 55.3 Å². The molecule has 0 unspecified atom stereocenters. The number of nitrogens with zero attached hydrogens (tertiary/aromatic N) is 1. The lowest BCUT2D eigenvalue weighted by molar-refractivity contribution is -0.343. The van der Waals surface area contributed by atoms with E-state index in [0.717, 1.165) is 4.90 Å². The molecular formula is C22H34N2O13. The maximum absolute atomic E-state index is 12.3. The van der Waals surface area contributed by atoms with Gasteiger partial charge in [-0.05, 0) is 12.8 Å². The monoisotopic (exact) mass is 534 g/mol. The van der Waals surface area contributed by atoms with Gasteiger partial charge in [-0.1, -0.05) is 6.42 Å². The van der Waals surface area contributed by atoms with Crippen molar-refractivity contribution in [1.29, 1.82) is 0 Å². The summed E-state index contributed by atoms with van der Waals surface area (Å²) < 4.78 is 16.2. The lowest BCUT2D eigenvalue weighted by atomic mass is 9.96. The van der Waals surface area contributed by atoms with Crippen molar-refractivity contribution in [2.75, 3.05) is 19.8 Å². The number of imide groups is 1. The van der Waals surface area contributed by atoms with Crippen LogP contribution in [0.2, 0.25) is 0 Å². The van der Waals surface area contributed by atoms with Gasteiger partial charge in [-0.15, -0.1) is 0 Å². The molecule has 3 amide bonds. The third kappa shape index (κ3) is 6.88. The van der Waals surface area contributed by atoms with Crippen molar-refractivity contribution in [3.8, 4) is 0 Å². The van der Waals surface area contributed by atoms with Gasteiger partial charge in [0, 0.05) is 25.1 Å². The predicted octanol–water partition coefficient (Wildman–Crippen LogP) is -4.79. The second-order valence-electron chi connectivity index (χ2n) is 9.10. The van der Waals surface area contributed by atoms with E-state index >= 15 is 0 Å². The van der Waals surface area contributed by atoms with E-state index in [1.54, 1.807) is 0 Å². The Morgan fingerprint density at radius 2 is 1.49 bits per heavy atom. The van der Waals surface area contributed by atoms with Crippen molar-refractivity contribution in [3.05, 3.63) is 12.2 Å². The van der Waals surface area contributed by atoms with E-state index in [-0.39, 0.29) is 24.8 Å². The summed E-state index contributed by atoms with van der Waals surface area (Å²) in [5.74, 6) is -1.27. The first kappa shape index (κ1) is 29.5. The summed E-state index contributed by atoms with van der Waals surface area (Å²) in [5.41, 5.74) is 0. The predicted molar refractivity (Wildman–Crippen MR) is 119 cm³/mol. The Bertz CT molecular complexity index is 819. The number of hydrogen-bond donors (Lipinski definition) is 8. The summed E-state index contributed by atoms with van der Waals surface area (Å²) in [6.45, 7) is -1.20. The topological polar surface area (TPSA) is 236 Å². The number of rotatable bonds is 11. The zero-order chi connectivity index (χ0) is 27.3. The van der Waals surface area contributed by atoms with Crippen LogP contribution in [-0.2, 0) is 28.6 Å². The van der Waals surface area contributed by atoms with E-state index in [1.165, 1.54) is 12.2 Å². The number of carbonyl (C=O) groups is 3. The Hall–Kier alpha value is -2.05. The molecule has 0 aromatic rings. The minimum absolute atomic E-state index is 0.0252. The molecule has 0 aliphatic carbocycles. The Morgan fingerprint density at radius 1 is 0.838 bits per heavy atom. The summed E-state index contributed by atoms with van der Waals surface area (Å²) in [5, 5.41) is 72.5. The fraction of sp³-hybridized carbons (Fsp3) is 0.773. The number of nitrogens with one attached hydrogen (secondary N) is 1. The molecule has 3 rings (SSSR count). The van der Waals surface area contributed by atoms with Crippen LogP contribution in [0.4, 0.5) is 0 Å². The largest absolute Gasteiger partial charge is 0.394 e. The summed E-state index contributed by atoms with van der Waals surface area (Å²) >= 11 is 0. The van der Waals surface area contributed by atoms with Crippen LogP contribution in [-0.4, -0.2) is 139 Å². The Kier molecular flexibility index (Phi) is 10.5. The molecule has 2 fully saturated rings. The number of carbonyl (C=O) groups excluding carboxylic acids is 3. The fourth-order valence-corrected chi connectivity index (χ4v) is 4.32. The second-order valence-corrected chi connectivity index (χ2v) is 9.10. The molecule has 10 atom stereocenters. The van der Waals surface area contributed by atoms with E-state index in [9.17, 15) is 50.1 Å². The SMILES string of the molecule is O=C(CCCCCN1C(=O)C=CC1=O)N[C@@H]1O[C@H](CO)[C@H](O[C@@H]2O[C@H](CO)[C@@H](O)[C@H](O)[C@H]2O)[C@H](O)[C@H]1O. The zero-order valence-electron chi connectivity index (χ0n) is 19.9. The van der Waals surface area contributed by atoms with Crippen LogP contribution in [0.25, 0.3) is 0 Å². The van der Waals surface area contributed by atoms with Crippen molar-refractivity contribution in [1.82, 2.24) is 10.2 Å². The maximum Gasteiger partial charge on any atom is 0.253 e. The summed E-state index contributed by atoms with van der Waals surface area (Å²) in [6, 6.07) is 0. The van der Waals surface area contributed by atoms with Gasteiger partial charge in [0.25, 0.3) is 11.8 Å². The minimum Gasteiger partial charge on any atom is -0.394 e. The molecule has 0 spiro atoms. The van der Waals surface area contributed by atoms with Gasteiger partial charge in [-0.25, -0.2) is 0 Å². The van der Waals surface area contributed by atoms with Gasteiger partial charge in [-0.3, -0.25) is 19.3 Å². The molecular weight excluding hydrogens is 500 g/mol. The van der Waals surface area contributed by atoms with Crippen LogP contribution in [0.1, 0.15) is 25.7 Å². The highest BCUT2D eigenvalue weighted by Gasteiger charge is 2.50. The van der Waals surface area contributed by atoms with Crippen LogP contribution in [0.3, 0.4) is 0 Å². The van der Waals surface area contributed by atoms with Gasteiger partial charge in [0.05, 0.1) is 13.2 Å². The average molecular weight is 535 g/mol. The maximum atomic E-state index is 12.3. The zero-order valence-corrected chi connectivity index (χ0v) is 19.9. The van der Waals surface area contributed by atoms with Crippen LogP contribution in [0, 0.1) is 0 Å². The first-order chi connectivity index (χ1) is 17.6. The number of amides is 3. The van der Waals surface area contributed by atoms with Crippen molar-refractivity contribution >= 4 is 17.7 Å². The first-order valence-corrected chi connectivity index (χ1v) is 12.0. The normalized spacial score (nSPS) is 38.3. The standard InChI is InChI=1S/C22H34N2O13/c25-8-10-15(30)16(31)19(34)22(36-10)37-20-11(9-26)35-21(18(33)17(20)32)23-12(27)4-2-1-3-7-24-13(28)5-6-14(24)29/h5-6,10-11,15-22,25-26,30-34H,1-4,7-9H2,(H,23,27)/t10-,11-,15-,16+,17-,18-,19-,20+,21-,22+/m1/s1. The highest BCUT2D eigenvalue weighted by atomic mass is 16.7. The third-order valence-electron chi connectivity index (χ3n) is 6.49. The Morgan fingerprint density at radius 3 is 2.11 bits per heavy atom. The first-order valence-electron chi connectivity index (χ1n) is 12.0. The van der Waals surface area contributed by atoms with Gasteiger partial charge >= 0.3 is 0 Å². The van der Waals surface area contributed by atoms with Crippen molar-refractivity contribution < 1.29 is 64.3 Å². The number of aliphatic hydroxyl groups excluding tert-OH is 7. The lowest BCUT2D eigenvalue weighted by Crippen LogP contribution is -2.66. The lowest BCUT2D eigenvalue weighted by Gasteiger charge is -2.46. The van der Waals surface area contributed by atoms with E-state index in [1.807, 2.05) is 0 Å². The molecule has 2 saturated heterocycles. The van der Waals surface area contributed by atoms with Crippen LogP contribution >= 0.6 is 0 Å². The molecule has 15 nitrogen and oxygen atoms in total. The molecule has 3 heterocycles. The van der Waals surface area contributed by atoms with Crippen LogP contribution in [0.5, 0.6) is 0 Å². The molecule has 0 aromatic carbocycles. The number of aliphatic hydroxyl groups is 7. The van der Waals surface area contributed by atoms with E-state index in [2.05, 4.69) is 5.32 Å². The molecule has 0 aromatic heterocycles. The van der Waals surface area contributed by atoms with E-state index < -0.39 is 80.5 Å². The summed E-state index contributed by atoms with van der Waals surface area (Å²) in [7, 11) is 0. The van der Waals surface area contributed by atoms with Crippen molar-refractivity contribution in [3.63, 3.8) is 0 Å². The highest BCUT2D eigenvalue weighted by molar-refractivity contribution is 6.12. The molecule has 0 radical (unpaired) electrons. The number of unbranched alkanes of at least 4 members (excludes halogenated alkanes) is 2. The van der Waals surface area contributed by atoms with Gasteiger partial charge in [0.15, 0.2) is 12.5 Å². The molecule has 37 heavy (non-hydrogen) atoms.